The number of anilines is 1. The van der Waals surface area contributed by atoms with Crippen molar-refractivity contribution in [3.63, 3.8) is 0 Å². The summed E-state index contributed by atoms with van der Waals surface area (Å²) in [6.45, 7) is 4.05. The van der Waals surface area contributed by atoms with Gasteiger partial charge in [0.1, 0.15) is 0 Å². The maximum absolute atomic E-state index is 11.0. The van der Waals surface area contributed by atoms with Crippen molar-refractivity contribution >= 4 is 23.5 Å². The van der Waals surface area contributed by atoms with Crippen molar-refractivity contribution < 1.29 is 14.3 Å². The summed E-state index contributed by atoms with van der Waals surface area (Å²) in [5.74, 6) is 1.52. The molecular weight excluding hydrogens is 254 g/mol. The number of carbonyl (C=O) groups excluding carboxylic acids is 1. The Balaban J connectivity index is 1.96. The Morgan fingerprint density at radius 1 is 1.44 bits per heavy atom. The van der Waals surface area contributed by atoms with E-state index < -0.39 is 5.97 Å². The van der Waals surface area contributed by atoms with Crippen LogP contribution in [0, 0.1) is 5.92 Å². The average molecular weight is 271 g/mol. The van der Waals surface area contributed by atoms with Gasteiger partial charge in [-0.05, 0) is 18.8 Å². The van der Waals surface area contributed by atoms with Gasteiger partial charge < -0.3 is 14.4 Å². The van der Waals surface area contributed by atoms with E-state index in [1.165, 1.54) is 7.11 Å². The molecule has 1 aromatic heterocycles. The predicted molar refractivity (Wildman–Crippen MR) is 68.0 cm³/mol. The van der Waals surface area contributed by atoms with Crippen molar-refractivity contribution in [2.75, 3.05) is 31.7 Å². The third kappa shape index (κ3) is 3.10. The van der Waals surface area contributed by atoms with Crippen molar-refractivity contribution in [3.05, 3.63) is 0 Å². The first-order valence-electron chi connectivity index (χ1n) is 5.98. The molecule has 2 rings (SSSR count). The summed E-state index contributed by atoms with van der Waals surface area (Å²) < 4.78 is 18.2. The van der Waals surface area contributed by atoms with Crippen LogP contribution in [-0.2, 0) is 9.53 Å². The summed E-state index contributed by atoms with van der Waals surface area (Å²) in [5, 5.41) is 0. The van der Waals surface area contributed by atoms with Crippen LogP contribution in [0.2, 0.25) is 0 Å². The van der Waals surface area contributed by atoms with Gasteiger partial charge in [-0.25, -0.2) is 4.79 Å². The molecule has 2 heterocycles. The lowest BCUT2D eigenvalue weighted by molar-refractivity contribution is -0.142. The van der Waals surface area contributed by atoms with Gasteiger partial charge in [-0.3, -0.25) is 0 Å². The minimum Gasteiger partial charge on any atom is -0.466 e. The average Bonchev–Trinajstić information content (AvgIpc) is 2.85. The fourth-order valence-electron chi connectivity index (χ4n) is 1.87. The first-order chi connectivity index (χ1) is 8.70. The molecule has 0 bridgehead atoms. The molecule has 0 N–H and O–H groups in total. The molecule has 100 valence electrons. The van der Waals surface area contributed by atoms with Crippen LogP contribution in [-0.4, -0.2) is 41.5 Å². The number of esters is 1. The molecule has 7 heteroatoms. The first-order valence-corrected chi connectivity index (χ1v) is 6.71. The molecule has 0 saturated carbocycles. The molecule has 0 atom stereocenters. The lowest BCUT2D eigenvalue weighted by Crippen LogP contribution is -2.33. The summed E-state index contributed by atoms with van der Waals surface area (Å²) >= 11 is 1.10. The molecule has 1 aliphatic heterocycles. The fourth-order valence-corrected chi connectivity index (χ4v) is 2.39. The predicted octanol–water partition coefficient (Wildman–Crippen LogP) is 1.33. The van der Waals surface area contributed by atoms with E-state index in [-0.39, 0.29) is 6.61 Å². The molecule has 18 heavy (non-hydrogen) atoms. The number of rotatable bonds is 4. The van der Waals surface area contributed by atoms with Crippen LogP contribution in [0.1, 0.15) is 19.8 Å². The van der Waals surface area contributed by atoms with Gasteiger partial charge in [-0.2, -0.15) is 4.37 Å². The molecule has 6 nitrogen and oxygen atoms in total. The molecule has 0 spiro atoms. The Bertz CT molecular complexity index is 402. The standard InChI is InChI=1S/C11H17N3O3S/c1-8-3-5-14(6-4-8)10-11(13-18-12-10)17-7-9(15)16-2/h8H,3-7H2,1-2H3. The minimum absolute atomic E-state index is 0.126. The van der Waals surface area contributed by atoms with E-state index in [4.69, 9.17) is 4.74 Å². The number of piperidine rings is 1. The molecule has 0 unspecified atom stereocenters. The van der Waals surface area contributed by atoms with E-state index in [1.807, 2.05) is 0 Å². The van der Waals surface area contributed by atoms with E-state index in [1.54, 1.807) is 0 Å². The van der Waals surface area contributed by atoms with Gasteiger partial charge in [0.15, 0.2) is 6.61 Å². The van der Waals surface area contributed by atoms with Crippen LogP contribution in [0.4, 0.5) is 5.82 Å². The van der Waals surface area contributed by atoms with Gasteiger partial charge in [0.25, 0.3) is 5.88 Å². The minimum atomic E-state index is -0.416. The third-order valence-electron chi connectivity index (χ3n) is 3.08. The number of hydrogen-bond donors (Lipinski definition) is 0. The number of methoxy groups -OCH3 is 1. The smallest absolute Gasteiger partial charge is 0.343 e. The molecule has 1 fully saturated rings. The molecule has 1 aliphatic rings. The first kappa shape index (κ1) is 13.1. The van der Waals surface area contributed by atoms with Crippen molar-refractivity contribution in [2.45, 2.75) is 19.8 Å². The van der Waals surface area contributed by atoms with Gasteiger partial charge >= 0.3 is 5.97 Å². The number of nitrogens with zero attached hydrogens (tertiary/aromatic N) is 3. The van der Waals surface area contributed by atoms with E-state index in [0.29, 0.717) is 5.88 Å². The van der Waals surface area contributed by atoms with Crippen molar-refractivity contribution in [1.29, 1.82) is 0 Å². The zero-order valence-corrected chi connectivity index (χ0v) is 11.4. The maximum Gasteiger partial charge on any atom is 0.343 e. The normalized spacial score (nSPS) is 16.7. The highest BCUT2D eigenvalue weighted by molar-refractivity contribution is 6.99. The van der Waals surface area contributed by atoms with E-state index in [9.17, 15) is 4.79 Å². The summed E-state index contributed by atoms with van der Waals surface area (Å²) in [4.78, 5) is 13.2. The van der Waals surface area contributed by atoms with Crippen LogP contribution in [0.5, 0.6) is 5.88 Å². The third-order valence-corrected chi connectivity index (χ3v) is 3.58. The van der Waals surface area contributed by atoms with Crippen LogP contribution in [0.3, 0.4) is 0 Å². The van der Waals surface area contributed by atoms with Crippen molar-refractivity contribution in [3.8, 4) is 5.88 Å². The summed E-state index contributed by atoms with van der Waals surface area (Å²) in [6, 6.07) is 0. The van der Waals surface area contributed by atoms with Gasteiger partial charge in [0.2, 0.25) is 5.82 Å². The molecular formula is C11H17N3O3S. The number of carbonyl (C=O) groups is 1. The second-order valence-corrected chi connectivity index (χ2v) is 4.96. The lowest BCUT2D eigenvalue weighted by Gasteiger charge is -2.30. The van der Waals surface area contributed by atoms with Crippen molar-refractivity contribution in [2.24, 2.45) is 5.92 Å². The van der Waals surface area contributed by atoms with Crippen LogP contribution in [0.25, 0.3) is 0 Å². The van der Waals surface area contributed by atoms with Gasteiger partial charge in [-0.15, -0.1) is 4.37 Å². The lowest BCUT2D eigenvalue weighted by atomic mass is 9.99. The maximum atomic E-state index is 11.0. The van der Waals surface area contributed by atoms with E-state index in [2.05, 4.69) is 25.3 Å². The highest BCUT2D eigenvalue weighted by Gasteiger charge is 2.22. The zero-order chi connectivity index (χ0) is 13.0. The summed E-state index contributed by atoms with van der Waals surface area (Å²) in [7, 11) is 1.33. The van der Waals surface area contributed by atoms with Gasteiger partial charge in [0.05, 0.1) is 18.8 Å². The highest BCUT2D eigenvalue weighted by Crippen LogP contribution is 2.29. The Labute approximate surface area is 110 Å². The number of ether oxygens (including phenoxy) is 2. The second-order valence-electron chi connectivity index (χ2n) is 4.43. The molecule has 1 saturated heterocycles. The summed E-state index contributed by atoms with van der Waals surface area (Å²) in [6.07, 6.45) is 2.29. The van der Waals surface area contributed by atoms with Crippen LogP contribution in [0.15, 0.2) is 0 Å². The Morgan fingerprint density at radius 3 is 2.83 bits per heavy atom. The Morgan fingerprint density at radius 2 is 2.17 bits per heavy atom. The topological polar surface area (TPSA) is 64.5 Å². The molecule has 0 radical (unpaired) electrons. The Kier molecular flexibility index (Phi) is 4.35. The van der Waals surface area contributed by atoms with E-state index >= 15 is 0 Å². The molecule has 0 aliphatic carbocycles. The van der Waals surface area contributed by atoms with Crippen molar-refractivity contribution in [1.82, 2.24) is 8.75 Å². The van der Waals surface area contributed by atoms with Crippen LogP contribution >= 0.6 is 11.7 Å². The summed E-state index contributed by atoms with van der Waals surface area (Å²) in [5.41, 5.74) is 0. The zero-order valence-electron chi connectivity index (χ0n) is 10.6. The largest absolute Gasteiger partial charge is 0.466 e. The highest BCUT2D eigenvalue weighted by atomic mass is 32.1. The fraction of sp³-hybridized carbons (Fsp3) is 0.727. The molecule has 0 aromatic carbocycles. The van der Waals surface area contributed by atoms with E-state index in [0.717, 1.165) is 49.4 Å². The molecule has 0 amide bonds. The SMILES string of the molecule is COC(=O)COc1nsnc1N1CCC(C)CC1. The van der Waals surface area contributed by atoms with Gasteiger partial charge in [-0.1, -0.05) is 6.92 Å². The van der Waals surface area contributed by atoms with Gasteiger partial charge in [0, 0.05) is 13.1 Å². The molecule has 1 aromatic rings. The number of aromatic nitrogens is 2. The number of hydrogen-bond acceptors (Lipinski definition) is 7. The monoisotopic (exact) mass is 271 g/mol. The second kappa shape index (κ2) is 5.99. The van der Waals surface area contributed by atoms with Crippen LogP contribution < -0.4 is 9.64 Å². The quantitative estimate of drug-likeness (QED) is 0.770. The Hall–Kier alpha value is -1.37.